The second-order valence-corrected chi connectivity index (χ2v) is 7.28. The predicted molar refractivity (Wildman–Crippen MR) is 107 cm³/mol. The van der Waals surface area contributed by atoms with Gasteiger partial charge in [-0.25, -0.2) is 14.0 Å². The fourth-order valence-electron chi connectivity index (χ4n) is 3.32. The molecule has 1 saturated heterocycles. The molecule has 0 radical (unpaired) electrons. The minimum atomic E-state index is -5.35. The smallest absolute Gasteiger partial charge is 0.407 e. The highest BCUT2D eigenvalue weighted by Crippen LogP contribution is 2.46. The maximum absolute atomic E-state index is 13.8. The maximum Gasteiger partial charge on any atom is 0.420 e. The number of hydrogen-bond donors (Lipinski definition) is 0. The van der Waals surface area contributed by atoms with E-state index in [-0.39, 0.29) is 31.4 Å². The van der Waals surface area contributed by atoms with Gasteiger partial charge in [0, 0.05) is 32.4 Å². The molecular weight excluding hydrogens is 475 g/mol. The number of carbonyl (C=O) groups is 2. The normalized spacial score (nSPS) is 14.6. The molecule has 184 valence electrons. The Bertz CT molecular complexity index is 1080. The molecule has 0 saturated carbocycles. The molecule has 0 bridgehead atoms. The second kappa shape index (κ2) is 9.03. The van der Waals surface area contributed by atoms with Crippen LogP contribution in [0, 0.1) is 5.82 Å². The molecule has 0 atom stereocenters. The number of carbonyl (C=O) groups excluding carboxylic acids is 2. The van der Waals surface area contributed by atoms with E-state index >= 15 is 0 Å². The summed E-state index contributed by atoms with van der Waals surface area (Å²) in [6.45, 7) is 1.59. The molecule has 2 aromatic rings. The van der Waals surface area contributed by atoms with Crippen LogP contribution in [0.5, 0.6) is 5.75 Å². The van der Waals surface area contributed by atoms with Crippen LogP contribution in [0.2, 0.25) is 0 Å². The molecule has 6 nitrogen and oxygen atoms in total. The van der Waals surface area contributed by atoms with Crippen molar-refractivity contribution in [3.63, 3.8) is 0 Å². The fourth-order valence-corrected chi connectivity index (χ4v) is 3.32. The van der Waals surface area contributed by atoms with Crippen molar-refractivity contribution in [2.45, 2.75) is 19.3 Å². The van der Waals surface area contributed by atoms with Crippen molar-refractivity contribution in [2.24, 2.45) is 0 Å². The van der Waals surface area contributed by atoms with Gasteiger partial charge in [-0.2, -0.15) is 26.3 Å². The first kappa shape index (κ1) is 25.1. The minimum absolute atomic E-state index is 0.0443. The molecule has 3 rings (SSSR count). The molecule has 0 N–H and O–H groups in total. The number of hydrogen-bond acceptors (Lipinski definition) is 3. The number of benzene rings is 2. The first-order chi connectivity index (χ1) is 15.7. The van der Waals surface area contributed by atoms with Crippen molar-refractivity contribution in [3.8, 4) is 5.75 Å². The third-order valence-corrected chi connectivity index (χ3v) is 5.15. The highest BCUT2D eigenvalue weighted by molar-refractivity contribution is 5.97. The Morgan fingerprint density at radius 3 is 2.15 bits per heavy atom. The van der Waals surface area contributed by atoms with Gasteiger partial charge in [0.25, 0.3) is 0 Å². The van der Waals surface area contributed by atoms with Gasteiger partial charge in [-0.15, -0.1) is 0 Å². The average Bonchev–Trinajstić information content (AvgIpc) is 3.12. The summed E-state index contributed by atoms with van der Waals surface area (Å²) in [6, 6.07) is 3.61. The average molecular weight is 493 g/mol. The highest BCUT2D eigenvalue weighted by Gasteiger charge is 2.43. The van der Waals surface area contributed by atoms with E-state index in [9.17, 15) is 40.3 Å². The summed E-state index contributed by atoms with van der Waals surface area (Å²) >= 11 is 0. The van der Waals surface area contributed by atoms with E-state index in [1.165, 1.54) is 4.90 Å². The Morgan fingerprint density at radius 2 is 1.65 bits per heavy atom. The summed E-state index contributed by atoms with van der Waals surface area (Å²) in [5.41, 5.74) is -4.34. The molecule has 1 fully saturated rings. The van der Waals surface area contributed by atoms with Gasteiger partial charge in [-0.05, 0) is 43.3 Å². The Kier molecular flexibility index (Phi) is 6.67. The van der Waals surface area contributed by atoms with Crippen molar-refractivity contribution in [1.29, 1.82) is 0 Å². The molecule has 0 aliphatic carbocycles. The van der Waals surface area contributed by atoms with Crippen molar-refractivity contribution in [3.05, 3.63) is 53.3 Å². The zero-order chi connectivity index (χ0) is 25.4. The summed E-state index contributed by atoms with van der Waals surface area (Å²) in [5, 5.41) is 0. The van der Waals surface area contributed by atoms with Crippen LogP contribution in [0.3, 0.4) is 0 Å². The lowest BCUT2D eigenvalue weighted by molar-refractivity contribution is -0.143. The quantitative estimate of drug-likeness (QED) is 0.509. The Labute approximate surface area is 189 Å². The van der Waals surface area contributed by atoms with Crippen LogP contribution in [-0.4, -0.2) is 43.7 Å². The van der Waals surface area contributed by atoms with Gasteiger partial charge in [-0.1, -0.05) is 0 Å². The minimum Gasteiger partial charge on any atom is -0.407 e. The first-order valence-electron chi connectivity index (χ1n) is 9.84. The number of alkyl halides is 6. The van der Waals surface area contributed by atoms with E-state index in [4.69, 9.17) is 4.74 Å². The van der Waals surface area contributed by atoms with Gasteiger partial charge in [0.05, 0.1) is 11.3 Å². The topological polar surface area (TPSA) is 53.1 Å². The van der Waals surface area contributed by atoms with Crippen molar-refractivity contribution >= 4 is 23.5 Å². The van der Waals surface area contributed by atoms with Crippen LogP contribution in [-0.2, 0) is 12.4 Å². The summed E-state index contributed by atoms with van der Waals surface area (Å²) < 4.78 is 99.8. The summed E-state index contributed by atoms with van der Waals surface area (Å²) in [5.74, 6) is -1.88. The highest BCUT2D eigenvalue weighted by atomic mass is 19.4. The molecule has 13 heteroatoms. The number of amides is 3. The number of nitrogens with zero attached hydrogens (tertiary/aromatic N) is 3. The van der Waals surface area contributed by atoms with Crippen LogP contribution in [0.1, 0.15) is 18.1 Å². The Morgan fingerprint density at radius 1 is 1.03 bits per heavy atom. The van der Waals surface area contributed by atoms with E-state index in [0.29, 0.717) is 11.0 Å². The lowest BCUT2D eigenvalue weighted by Crippen LogP contribution is -2.34. The van der Waals surface area contributed by atoms with E-state index < -0.39 is 52.9 Å². The van der Waals surface area contributed by atoms with Gasteiger partial charge >= 0.3 is 24.5 Å². The van der Waals surface area contributed by atoms with Crippen molar-refractivity contribution in [1.82, 2.24) is 4.90 Å². The van der Waals surface area contributed by atoms with Crippen LogP contribution < -0.4 is 14.5 Å². The van der Waals surface area contributed by atoms with E-state index in [1.807, 2.05) is 0 Å². The van der Waals surface area contributed by atoms with E-state index in [1.54, 1.807) is 6.92 Å². The third kappa shape index (κ3) is 5.02. The monoisotopic (exact) mass is 493 g/mol. The van der Waals surface area contributed by atoms with E-state index in [2.05, 4.69) is 0 Å². The van der Waals surface area contributed by atoms with Crippen LogP contribution >= 0.6 is 0 Å². The number of ether oxygens (including phenoxy) is 1. The molecule has 0 aromatic heterocycles. The molecule has 1 aliphatic rings. The first-order valence-corrected chi connectivity index (χ1v) is 9.84. The molecule has 1 aliphatic heterocycles. The van der Waals surface area contributed by atoms with Crippen LogP contribution in [0.25, 0.3) is 0 Å². The SMILES string of the molecule is CCN1CCN(c2cc(C(F)(F)F)cc(C(F)(F)F)c2OC(=O)N(C)c2ccc(F)cc2)C1=O. The Hall–Kier alpha value is -3.51. The predicted octanol–water partition coefficient (Wildman–Crippen LogP) is 5.76. The molecule has 0 unspecified atom stereocenters. The summed E-state index contributed by atoms with van der Waals surface area (Å²) in [6.07, 6.45) is -11.9. The standard InChI is InChI=1S/C21H18F7N3O3/c1-3-30-8-9-31(18(30)32)16-11-12(20(23,24)25)10-15(21(26,27)28)17(16)34-19(33)29(2)14-6-4-13(22)5-7-14/h4-7,10-11H,3,8-9H2,1-2H3. The van der Waals surface area contributed by atoms with Gasteiger partial charge in [0.15, 0.2) is 5.75 Å². The number of rotatable bonds is 4. The number of anilines is 2. The number of urea groups is 1. The lowest BCUT2D eigenvalue weighted by Gasteiger charge is -2.26. The van der Waals surface area contributed by atoms with Crippen LogP contribution in [0.4, 0.5) is 51.7 Å². The van der Waals surface area contributed by atoms with Gasteiger partial charge in [0.1, 0.15) is 11.4 Å². The zero-order valence-electron chi connectivity index (χ0n) is 17.8. The number of halogens is 7. The van der Waals surface area contributed by atoms with Crippen LogP contribution in [0.15, 0.2) is 36.4 Å². The third-order valence-electron chi connectivity index (χ3n) is 5.15. The number of likely N-dealkylation sites (N-methyl/N-ethyl adjacent to an activating group) is 1. The van der Waals surface area contributed by atoms with Gasteiger partial charge in [0.2, 0.25) is 0 Å². The maximum atomic E-state index is 13.8. The van der Waals surface area contributed by atoms with Crippen molar-refractivity contribution in [2.75, 3.05) is 36.5 Å². The molecule has 34 heavy (non-hydrogen) atoms. The summed E-state index contributed by atoms with van der Waals surface area (Å²) in [7, 11) is 1.12. The largest absolute Gasteiger partial charge is 0.420 e. The second-order valence-electron chi connectivity index (χ2n) is 7.28. The molecule has 1 heterocycles. The Balaban J connectivity index is 2.14. The molecular formula is C21H18F7N3O3. The molecule has 2 aromatic carbocycles. The summed E-state index contributed by atoms with van der Waals surface area (Å²) in [4.78, 5) is 27.9. The zero-order valence-corrected chi connectivity index (χ0v) is 17.8. The fraction of sp³-hybridized carbons (Fsp3) is 0.333. The lowest BCUT2D eigenvalue weighted by atomic mass is 10.1. The van der Waals surface area contributed by atoms with Gasteiger partial charge in [-0.3, -0.25) is 9.80 Å². The molecule has 3 amide bonds. The van der Waals surface area contributed by atoms with Crippen molar-refractivity contribution < 1.29 is 45.1 Å². The van der Waals surface area contributed by atoms with E-state index in [0.717, 1.165) is 36.2 Å². The molecule has 0 spiro atoms. The van der Waals surface area contributed by atoms with Gasteiger partial charge < -0.3 is 9.64 Å².